The van der Waals surface area contributed by atoms with Gasteiger partial charge in [0.25, 0.3) is 0 Å². The van der Waals surface area contributed by atoms with E-state index in [2.05, 4.69) is 15.9 Å². The number of carboxylic acids is 1. The molecule has 2 nitrogen and oxygen atoms in total. The number of halogens is 1. The summed E-state index contributed by atoms with van der Waals surface area (Å²) in [5.74, 6) is -1.23. The van der Waals surface area contributed by atoms with E-state index >= 15 is 0 Å². The van der Waals surface area contributed by atoms with E-state index in [1.165, 1.54) is 0 Å². The second kappa shape index (κ2) is 5.71. The first-order valence-corrected chi connectivity index (χ1v) is 5.54. The van der Waals surface area contributed by atoms with Gasteiger partial charge in [0.15, 0.2) is 0 Å². The number of carboxylic acid groups (broad SMARTS) is 1. The van der Waals surface area contributed by atoms with Crippen molar-refractivity contribution in [1.29, 1.82) is 0 Å². The fourth-order valence-electron chi connectivity index (χ4n) is 1.35. The van der Waals surface area contributed by atoms with Crippen molar-refractivity contribution in [2.24, 2.45) is 0 Å². The van der Waals surface area contributed by atoms with Gasteiger partial charge in [-0.25, -0.2) is 0 Å². The first-order chi connectivity index (χ1) is 7.15. The number of hydrogen-bond donors (Lipinski definition) is 1. The molecule has 1 rings (SSSR count). The average molecular weight is 269 g/mol. The van der Waals surface area contributed by atoms with E-state index in [1.54, 1.807) is 0 Å². The van der Waals surface area contributed by atoms with Crippen molar-refractivity contribution in [2.75, 3.05) is 0 Å². The van der Waals surface area contributed by atoms with Crippen LogP contribution in [0.4, 0.5) is 0 Å². The SMILES string of the molecule is CC=CCC(C(=O)O)c1ccc(Br)cc1. The highest BCUT2D eigenvalue weighted by Crippen LogP contribution is 2.22. The second-order valence-corrected chi connectivity index (χ2v) is 4.16. The highest BCUT2D eigenvalue weighted by atomic mass is 79.9. The van der Waals surface area contributed by atoms with Gasteiger partial charge in [-0.2, -0.15) is 0 Å². The third-order valence-corrected chi connectivity index (χ3v) is 2.71. The molecule has 0 amide bonds. The molecule has 0 fully saturated rings. The van der Waals surface area contributed by atoms with Crippen molar-refractivity contribution >= 4 is 21.9 Å². The molecule has 1 atom stereocenters. The Balaban J connectivity index is 2.88. The highest BCUT2D eigenvalue weighted by Gasteiger charge is 2.17. The molecular weight excluding hydrogens is 256 g/mol. The van der Waals surface area contributed by atoms with Crippen molar-refractivity contribution in [1.82, 2.24) is 0 Å². The quantitative estimate of drug-likeness (QED) is 0.848. The molecule has 0 aliphatic heterocycles. The standard InChI is InChI=1S/C12H13BrO2/c1-2-3-4-11(12(14)15)9-5-7-10(13)8-6-9/h2-3,5-8,11H,4H2,1H3,(H,14,15). The predicted molar refractivity (Wildman–Crippen MR) is 63.9 cm³/mol. The zero-order valence-electron chi connectivity index (χ0n) is 8.48. The van der Waals surface area contributed by atoms with Crippen LogP contribution in [-0.2, 0) is 4.79 Å². The van der Waals surface area contributed by atoms with E-state index < -0.39 is 11.9 Å². The van der Waals surface area contributed by atoms with Crippen LogP contribution in [-0.4, -0.2) is 11.1 Å². The van der Waals surface area contributed by atoms with Gasteiger partial charge in [0.2, 0.25) is 0 Å². The van der Waals surface area contributed by atoms with E-state index in [1.807, 2.05) is 43.3 Å². The zero-order chi connectivity index (χ0) is 11.3. The van der Waals surface area contributed by atoms with Gasteiger partial charge < -0.3 is 5.11 Å². The summed E-state index contributed by atoms with van der Waals surface area (Å²) < 4.78 is 0.960. The summed E-state index contributed by atoms with van der Waals surface area (Å²) >= 11 is 3.32. The lowest BCUT2D eigenvalue weighted by atomic mass is 9.96. The van der Waals surface area contributed by atoms with Crippen LogP contribution in [0.1, 0.15) is 24.8 Å². The van der Waals surface area contributed by atoms with Gasteiger partial charge in [-0.05, 0) is 31.0 Å². The fraction of sp³-hybridized carbons (Fsp3) is 0.250. The molecule has 0 saturated heterocycles. The molecule has 0 heterocycles. The minimum Gasteiger partial charge on any atom is -0.481 e. The summed E-state index contributed by atoms with van der Waals surface area (Å²) in [7, 11) is 0. The number of aliphatic carboxylic acids is 1. The molecule has 0 spiro atoms. The van der Waals surface area contributed by atoms with Crippen LogP contribution < -0.4 is 0 Å². The van der Waals surface area contributed by atoms with Gasteiger partial charge >= 0.3 is 5.97 Å². The molecule has 15 heavy (non-hydrogen) atoms. The number of benzene rings is 1. The van der Waals surface area contributed by atoms with E-state index in [0.717, 1.165) is 10.0 Å². The topological polar surface area (TPSA) is 37.3 Å². The molecule has 0 radical (unpaired) electrons. The third-order valence-electron chi connectivity index (χ3n) is 2.18. The first-order valence-electron chi connectivity index (χ1n) is 4.74. The van der Waals surface area contributed by atoms with Crippen LogP contribution in [0.25, 0.3) is 0 Å². The molecule has 0 aliphatic rings. The number of hydrogen-bond acceptors (Lipinski definition) is 1. The molecule has 0 aromatic heterocycles. The summed E-state index contributed by atoms with van der Waals surface area (Å²) in [6.45, 7) is 1.89. The lowest BCUT2D eigenvalue weighted by Gasteiger charge is -2.10. The molecule has 1 aromatic carbocycles. The Kier molecular flexibility index (Phi) is 4.56. The summed E-state index contributed by atoms with van der Waals surface area (Å²) in [5.41, 5.74) is 0.837. The van der Waals surface area contributed by atoms with Gasteiger partial charge in [0, 0.05) is 4.47 Å². The minimum absolute atomic E-state index is 0.450. The minimum atomic E-state index is -0.782. The summed E-state index contributed by atoms with van der Waals surface area (Å²) in [5, 5.41) is 9.08. The molecule has 1 N–H and O–H groups in total. The van der Waals surface area contributed by atoms with Crippen LogP contribution in [0.5, 0.6) is 0 Å². The molecule has 0 bridgehead atoms. The third kappa shape index (κ3) is 3.51. The van der Waals surface area contributed by atoms with Crippen LogP contribution in [0.2, 0.25) is 0 Å². The smallest absolute Gasteiger partial charge is 0.311 e. The number of rotatable bonds is 4. The largest absolute Gasteiger partial charge is 0.481 e. The Bertz CT molecular complexity index is 354. The van der Waals surface area contributed by atoms with E-state index in [4.69, 9.17) is 5.11 Å². The average Bonchev–Trinajstić information content (AvgIpc) is 2.21. The van der Waals surface area contributed by atoms with Crippen molar-refractivity contribution in [2.45, 2.75) is 19.3 Å². The Hall–Kier alpha value is -1.09. The van der Waals surface area contributed by atoms with Gasteiger partial charge in [0.1, 0.15) is 0 Å². The van der Waals surface area contributed by atoms with Crippen LogP contribution in [0, 0.1) is 0 Å². The summed E-state index contributed by atoms with van der Waals surface area (Å²) in [6, 6.07) is 7.40. The summed E-state index contributed by atoms with van der Waals surface area (Å²) in [6.07, 6.45) is 4.28. The maximum Gasteiger partial charge on any atom is 0.311 e. The van der Waals surface area contributed by atoms with Gasteiger partial charge in [-0.3, -0.25) is 4.79 Å². The van der Waals surface area contributed by atoms with Crippen LogP contribution >= 0.6 is 15.9 Å². The fourth-order valence-corrected chi connectivity index (χ4v) is 1.61. The van der Waals surface area contributed by atoms with Crippen LogP contribution in [0.15, 0.2) is 40.9 Å². The van der Waals surface area contributed by atoms with Crippen molar-refractivity contribution < 1.29 is 9.90 Å². The number of carbonyl (C=O) groups is 1. The normalized spacial score (nSPS) is 12.9. The maximum atomic E-state index is 11.0. The second-order valence-electron chi connectivity index (χ2n) is 3.25. The first kappa shape index (κ1) is 12.0. The Morgan fingerprint density at radius 3 is 2.53 bits per heavy atom. The number of allylic oxidation sites excluding steroid dienone is 2. The van der Waals surface area contributed by atoms with Gasteiger partial charge in [-0.15, -0.1) is 0 Å². The Morgan fingerprint density at radius 2 is 2.07 bits per heavy atom. The molecule has 0 saturated carbocycles. The molecule has 0 aliphatic carbocycles. The lowest BCUT2D eigenvalue weighted by molar-refractivity contribution is -0.138. The van der Waals surface area contributed by atoms with Crippen LogP contribution in [0.3, 0.4) is 0 Å². The molecule has 1 aromatic rings. The molecule has 1 unspecified atom stereocenters. The van der Waals surface area contributed by atoms with Gasteiger partial charge in [-0.1, -0.05) is 40.2 Å². The van der Waals surface area contributed by atoms with Crippen molar-refractivity contribution in [3.63, 3.8) is 0 Å². The zero-order valence-corrected chi connectivity index (χ0v) is 10.1. The molecule has 3 heteroatoms. The predicted octanol–water partition coefficient (Wildman–Crippen LogP) is 3.58. The molecular formula is C12H13BrO2. The van der Waals surface area contributed by atoms with E-state index in [0.29, 0.717) is 6.42 Å². The highest BCUT2D eigenvalue weighted by molar-refractivity contribution is 9.10. The van der Waals surface area contributed by atoms with Gasteiger partial charge in [0.05, 0.1) is 5.92 Å². The van der Waals surface area contributed by atoms with E-state index in [9.17, 15) is 4.79 Å². The molecule has 80 valence electrons. The van der Waals surface area contributed by atoms with E-state index in [-0.39, 0.29) is 0 Å². The summed E-state index contributed by atoms with van der Waals surface area (Å²) in [4.78, 5) is 11.0. The van der Waals surface area contributed by atoms with Crippen molar-refractivity contribution in [3.8, 4) is 0 Å². The Morgan fingerprint density at radius 1 is 1.47 bits per heavy atom. The maximum absolute atomic E-state index is 11.0. The Labute approximate surface area is 97.8 Å². The lowest BCUT2D eigenvalue weighted by Crippen LogP contribution is -2.10. The van der Waals surface area contributed by atoms with Crippen molar-refractivity contribution in [3.05, 3.63) is 46.5 Å². The monoisotopic (exact) mass is 268 g/mol.